The molecule has 0 amide bonds. The largest absolute Gasteiger partial charge is 0.480 e. The first-order chi connectivity index (χ1) is 13.4. The highest BCUT2D eigenvalue weighted by atomic mass is 19.1. The van der Waals surface area contributed by atoms with Crippen LogP contribution < -0.4 is 5.73 Å². The van der Waals surface area contributed by atoms with Gasteiger partial charge in [0.25, 0.3) is 0 Å². The minimum atomic E-state index is -0.839. The lowest BCUT2D eigenvalue weighted by atomic mass is 9.79. The maximum atomic E-state index is 15.1. The van der Waals surface area contributed by atoms with Crippen LogP contribution in [-0.4, -0.2) is 38.5 Å². The minimum Gasteiger partial charge on any atom is -0.480 e. The highest BCUT2D eigenvalue weighted by Crippen LogP contribution is 2.35. The number of rotatable bonds is 5. The number of carbonyl (C=O) groups is 1. The molecule has 1 saturated carbocycles. The third-order valence-corrected chi connectivity index (χ3v) is 6.60. The van der Waals surface area contributed by atoms with Gasteiger partial charge in [-0.1, -0.05) is 25.8 Å². The Kier molecular flexibility index (Phi) is 5.38. The van der Waals surface area contributed by atoms with Gasteiger partial charge in [0.05, 0.1) is 11.6 Å². The fraction of sp³-hybridized carbons (Fsp3) is 0.619. The number of nitrogens with zero attached hydrogens (tertiary/aromatic N) is 2. The Morgan fingerprint density at radius 2 is 2.11 bits per heavy atom. The molecule has 6 nitrogen and oxygen atoms in total. The van der Waals surface area contributed by atoms with Crippen molar-refractivity contribution in [1.29, 1.82) is 0 Å². The average Bonchev–Trinajstić information content (AvgIpc) is 3.31. The third-order valence-electron chi connectivity index (χ3n) is 6.60. The SMILES string of the molecule is CC1CCC(C(N)c2nc3c(F)c(CN4CCC[C@H]4C(=O)O)ccc3[nH]2)CC1. The fourth-order valence-electron chi connectivity index (χ4n) is 4.76. The molecule has 2 aliphatic rings. The average molecular weight is 388 g/mol. The summed E-state index contributed by atoms with van der Waals surface area (Å²) in [4.78, 5) is 20.9. The first-order valence-corrected chi connectivity index (χ1v) is 10.3. The molecule has 152 valence electrons. The number of fused-ring (bicyclic) bond motifs is 1. The number of nitrogens with one attached hydrogen (secondary N) is 1. The Hall–Kier alpha value is -1.99. The quantitative estimate of drug-likeness (QED) is 0.728. The molecule has 2 fully saturated rings. The zero-order chi connectivity index (χ0) is 19.8. The van der Waals surface area contributed by atoms with Gasteiger partial charge >= 0.3 is 5.97 Å². The van der Waals surface area contributed by atoms with Gasteiger partial charge in [-0.3, -0.25) is 9.69 Å². The van der Waals surface area contributed by atoms with Gasteiger partial charge in [0.2, 0.25) is 0 Å². The number of aromatic nitrogens is 2. The second kappa shape index (κ2) is 7.79. The van der Waals surface area contributed by atoms with Crippen LogP contribution in [0.5, 0.6) is 0 Å². The van der Waals surface area contributed by atoms with Crippen molar-refractivity contribution in [2.24, 2.45) is 17.6 Å². The Bertz CT molecular complexity index is 859. The standard InChI is InChI=1S/C21H29FN4O2/c1-12-4-6-13(7-5-12)18(23)20-24-15-9-8-14(17(22)19(15)25-20)11-26-10-2-3-16(26)21(27)28/h8-9,12-13,16,18H,2-7,10-11,23H2,1H3,(H,24,25)(H,27,28)/t12?,13?,16-,18?/m0/s1. The van der Waals surface area contributed by atoms with Crippen LogP contribution >= 0.6 is 0 Å². The van der Waals surface area contributed by atoms with E-state index in [4.69, 9.17) is 5.73 Å². The molecule has 2 heterocycles. The number of H-pyrrole nitrogens is 1. The lowest BCUT2D eigenvalue weighted by Gasteiger charge is -2.29. The number of benzene rings is 1. The molecular weight excluding hydrogens is 359 g/mol. The van der Waals surface area contributed by atoms with Crippen molar-refractivity contribution < 1.29 is 14.3 Å². The van der Waals surface area contributed by atoms with Gasteiger partial charge in [-0.15, -0.1) is 0 Å². The zero-order valence-corrected chi connectivity index (χ0v) is 16.3. The minimum absolute atomic E-state index is 0.210. The molecular formula is C21H29FN4O2. The summed E-state index contributed by atoms with van der Waals surface area (Å²) in [5.41, 5.74) is 7.90. The van der Waals surface area contributed by atoms with Crippen LogP contribution in [0.25, 0.3) is 11.0 Å². The molecule has 1 aromatic carbocycles. The van der Waals surface area contributed by atoms with Crippen molar-refractivity contribution in [3.05, 3.63) is 29.3 Å². The van der Waals surface area contributed by atoms with Gasteiger partial charge in [0.1, 0.15) is 17.4 Å². The van der Waals surface area contributed by atoms with Crippen molar-refractivity contribution in [3.63, 3.8) is 0 Å². The number of likely N-dealkylation sites (tertiary alicyclic amines) is 1. The number of hydrogen-bond acceptors (Lipinski definition) is 4. The van der Waals surface area contributed by atoms with Crippen molar-refractivity contribution in [3.8, 4) is 0 Å². The highest BCUT2D eigenvalue weighted by Gasteiger charge is 2.31. The van der Waals surface area contributed by atoms with Crippen LogP contribution in [0.1, 0.15) is 62.9 Å². The van der Waals surface area contributed by atoms with Crippen molar-refractivity contribution in [2.45, 2.75) is 64.1 Å². The molecule has 2 aromatic rings. The lowest BCUT2D eigenvalue weighted by Crippen LogP contribution is -2.35. The van der Waals surface area contributed by atoms with Crippen LogP contribution in [0.4, 0.5) is 4.39 Å². The number of carboxylic acid groups (broad SMARTS) is 1. The number of halogens is 1. The van der Waals surface area contributed by atoms with Crippen LogP contribution in [0.15, 0.2) is 12.1 Å². The normalized spacial score (nSPS) is 27.3. The molecule has 2 atom stereocenters. The van der Waals surface area contributed by atoms with Gasteiger partial charge in [-0.05, 0) is 50.1 Å². The Labute approximate surface area is 164 Å². The number of aromatic amines is 1. The van der Waals surface area contributed by atoms with E-state index in [1.165, 1.54) is 12.8 Å². The van der Waals surface area contributed by atoms with Crippen LogP contribution in [0.3, 0.4) is 0 Å². The maximum absolute atomic E-state index is 15.1. The second-order valence-electron chi connectivity index (χ2n) is 8.57. The van der Waals surface area contributed by atoms with Crippen molar-refractivity contribution in [1.82, 2.24) is 14.9 Å². The van der Waals surface area contributed by atoms with Gasteiger partial charge in [-0.2, -0.15) is 0 Å². The van der Waals surface area contributed by atoms with Crippen LogP contribution in [0.2, 0.25) is 0 Å². The Morgan fingerprint density at radius 3 is 2.82 bits per heavy atom. The molecule has 4 N–H and O–H groups in total. The second-order valence-corrected chi connectivity index (χ2v) is 8.57. The van der Waals surface area contributed by atoms with Gasteiger partial charge < -0.3 is 15.8 Å². The van der Waals surface area contributed by atoms with E-state index < -0.39 is 12.0 Å². The van der Waals surface area contributed by atoms with E-state index in [1.54, 1.807) is 6.07 Å². The fourth-order valence-corrected chi connectivity index (χ4v) is 4.76. The van der Waals surface area contributed by atoms with Gasteiger partial charge in [0, 0.05) is 12.1 Å². The summed E-state index contributed by atoms with van der Waals surface area (Å²) >= 11 is 0. The topological polar surface area (TPSA) is 95.2 Å². The van der Waals surface area contributed by atoms with Crippen molar-refractivity contribution in [2.75, 3.05) is 6.54 Å². The van der Waals surface area contributed by atoms with E-state index in [0.717, 1.165) is 25.2 Å². The predicted octanol–water partition coefficient (Wildman–Crippen LogP) is 3.58. The maximum Gasteiger partial charge on any atom is 0.320 e. The molecule has 28 heavy (non-hydrogen) atoms. The number of hydrogen-bond donors (Lipinski definition) is 3. The molecule has 0 radical (unpaired) electrons. The summed E-state index contributed by atoms with van der Waals surface area (Å²) in [6.45, 7) is 3.23. The molecule has 7 heteroatoms. The number of aliphatic carboxylic acids is 1. The number of carboxylic acids is 1. The lowest BCUT2D eigenvalue weighted by molar-refractivity contribution is -0.142. The molecule has 1 saturated heterocycles. The molecule has 0 bridgehead atoms. The van der Waals surface area contributed by atoms with Crippen LogP contribution in [-0.2, 0) is 11.3 Å². The van der Waals surface area contributed by atoms with E-state index in [1.807, 2.05) is 11.0 Å². The summed E-state index contributed by atoms with van der Waals surface area (Å²) in [5.74, 6) is 0.559. The zero-order valence-electron chi connectivity index (χ0n) is 16.3. The summed E-state index contributed by atoms with van der Waals surface area (Å²) in [7, 11) is 0. The molecule has 1 unspecified atom stereocenters. The Morgan fingerprint density at radius 1 is 1.36 bits per heavy atom. The van der Waals surface area contributed by atoms with E-state index in [0.29, 0.717) is 41.3 Å². The van der Waals surface area contributed by atoms with E-state index in [-0.39, 0.29) is 18.4 Å². The molecule has 4 rings (SSSR count). The third kappa shape index (κ3) is 3.65. The predicted molar refractivity (Wildman–Crippen MR) is 105 cm³/mol. The Balaban J connectivity index is 1.55. The first-order valence-electron chi connectivity index (χ1n) is 10.3. The van der Waals surface area contributed by atoms with E-state index in [9.17, 15) is 9.90 Å². The van der Waals surface area contributed by atoms with Gasteiger partial charge in [0.15, 0.2) is 5.82 Å². The van der Waals surface area contributed by atoms with E-state index in [2.05, 4.69) is 16.9 Å². The smallest absolute Gasteiger partial charge is 0.320 e. The monoisotopic (exact) mass is 388 g/mol. The summed E-state index contributed by atoms with van der Waals surface area (Å²) in [6, 6.07) is 2.81. The first kappa shape index (κ1) is 19.3. The molecule has 1 aromatic heterocycles. The van der Waals surface area contributed by atoms with Crippen LogP contribution in [0, 0.1) is 17.7 Å². The number of imidazole rings is 1. The van der Waals surface area contributed by atoms with Crippen molar-refractivity contribution >= 4 is 17.0 Å². The molecule has 1 aliphatic heterocycles. The summed E-state index contributed by atoms with van der Waals surface area (Å²) in [6.07, 6.45) is 5.95. The van der Waals surface area contributed by atoms with Gasteiger partial charge in [-0.25, -0.2) is 9.37 Å². The highest BCUT2D eigenvalue weighted by molar-refractivity contribution is 5.77. The summed E-state index contributed by atoms with van der Waals surface area (Å²) in [5, 5.41) is 9.34. The molecule has 0 spiro atoms. The summed E-state index contributed by atoms with van der Waals surface area (Å²) < 4.78 is 15.1. The number of nitrogens with two attached hydrogens (primary N) is 1. The molecule has 1 aliphatic carbocycles. The van der Waals surface area contributed by atoms with E-state index >= 15 is 4.39 Å².